The fourth-order valence-corrected chi connectivity index (χ4v) is 4.64. The molecule has 8 heteroatoms. The third-order valence-corrected chi connectivity index (χ3v) is 6.58. The first-order chi connectivity index (χ1) is 17.2. The Morgan fingerprint density at radius 1 is 0.973 bits per heavy atom. The van der Waals surface area contributed by atoms with Gasteiger partial charge in [-0.25, -0.2) is 9.59 Å². The van der Waals surface area contributed by atoms with Gasteiger partial charge in [0.2, 0.25) is 5.91 Å². The quantitative estimate of drug-likeness (QED) is 0.577. The van der Waals surface area contributed by atoms with Crippen molar-refractivity contribution in [1.82, 2.24) is 10.2 Å². The first-order valence-corrected chi connectivity index (χ1v) is 12.4. The maximum absolute atomic E-state index is 13.8. The Balaban J connectivity index is 1.92. The average molecular weight is 511 g/mol. The molecule has 0 aromatic heterocycles. The van der Waals surface area contributed by atoms with Gasteiger partial charge < -0.3 is 24.8 Å². The second kappa shape index (κ2) is 10.5. The smallest absolute Gasteiger partial charge is 0.408 e. The number of carboxylic acids is 1. The summed E-state index contributed by atoms with van der Waals surface area (Å²) in [6, 6.07) is 15.6. The predicted molar refractivity (Wildman–Crippen MR) is 141 cm³/mol. The highest BCUT2D eigenvalue weighted by Crippen LogP contribution is 2.41. The van der Waals surface area contributed by atoms with Crippen molar-refractivity contribution in [1.29, 1.82) is 0 Å². The number of rotatable bonds is 6. The molecule has 0 bridgehead atoms. The lowest BCUT2D eigenvalue weighted by molar-refractivity contribution is -0.150. The zero-order valence-corrected chi connectivity index (χ0v) is 22.7. The molecular formula is C29H38N2O6. The fourth-order valence-electron chi connectivity index (χ4n) is 4.64. The first kappa shape index (κ1) is 28.2. The molecule has 0 aliphatic carbocycles. The van der Waals surface area contributed by atoms with Crippen LogP contribution in [0.2, 0.25) is 0 Å². The van der Waals surface area contributed by atoms with Gasteiger partial charge in [-0.3, -0.25) is 4.79 Å². The molecule has 1 fully saturated rings. The second-order valence-electron chi connectivity index (χ2n) is 11.6. The maximum atomic E-state index is 13.8. The number of carboxylic acid groups (broad SMARTS) is 1. The van der Waals surface area contributed by atoms with Crippen LogP contribution in [0.5, 0.6) is 0 Å². The Kier molecular flexibility index (Phi) is 8.03. The van der Waals surface area contributed by atoms with Crippen LogP contribution in [-0.4, -0.2) is 59.3 Å². The third-order valence-electron chi connectivity index (χ3n) is 6.58. The number of hydrogen-bond donors (Lipinski definition) is 2. The lowest BCUT2D eigenvalue weighted by Gasteiger charge is -2.35. The number of amides is 2. The number of hydrogen-bond acceptors (Lipinski definition) is 5. The molecule has 2 aromatic carbocycles. The Labute approximate surface area is 219 Å². The first-order valence-electron chi connectivity index (χ1n) is 12.4. The summed E-state index contributed by atoms with van der Waals surface area (Å²) in [6.45, 7) is 10.7. The SMILES string of the molecule is CO[C@@]1(c2ccc(-c3ccccc3)cc2)C[C@@H](C(=O)O)N(C(=O)[C@@H](NC(=O)OC(C)(C)C)C(C)(C)C)C1. The van der Waals surface area contributed by atoms with Crippen LogP contribution in [0.3, 0.4) is 0 Å². The molecule has 1 aliphatic rings. The zero-order chi connectivity index (χ0) is 27.6. The minimum Gasteiger partial charge on any atom is -0.480 e. The van der Waals surface area contributed by atoms with Gasteiger partial charge in [-0.05, 0) is 42.9 Å². The Morgan fingerprint density at radius 3 is 2.03 bits per heavy atom. The number of methoxy groups -OCH3 is 1. The van der Waals surface area contributed by atoms with Crippen molar-refractivity contribution in [2.75, 3.05) is 13.7 Å². The molecule has 200 valence electrons. The van der Waals surface area contributed by atoms with Crippen molar-refractivity contribution in [2.24, 2.45) is 5.41 Å². The van der Waals surface area contributed by atoms with Crippen molar-refractivity contribution in [3.63, 3.8) is 0 Å². The van der Waals surface area contributed by atoms with Crippen LogP contribution in [0.1, 0.15) is 53.5 Å². The van der Waals surface area contributed by atoms with Gasteiger partial charge in [0.25, 0.3) is 0 Å². The number of ether oxygens (including phenoxy) is 2. The predicted octanol–water partition coefficient (Wildman–Crippen LogP) is 4.82. The Morgan fingerprint density at radius 2 is 1.54 bits per heavy atom. The molecule has 37 heavy (non-hydrogen) atoms. The van der Waals surface area contributed by atoms with E-state index in [1.807, 2.05) is 75.4 Å². The van der Waals surface area contributed by atoms with Gasteiger partial charge in [0.15, 0.2) is 0 Å². The monoisotopic (exact) mass is 510 g/mol. The molecule has 2 amide bonds. The number of aliphatic carboxylic acids is 1. The van der Waals surface area contributed by atoms with E-state index in [-0.39, 0.29) is 13.0 Å². The molecule has 8 nitrogen and oxygen atoms in total. The topological polar surface area (TPSA) is 105 Å². The van der Waals surface area contributed by atoms with E-state index in [9.17, 15) is 19.5 Å². The summed E-state index contributed by atoms with van der Waals surface area (Å²) in [5.74, 6) is -1.62. The lowest BCUT2D eigenvalue weighted by Crippen LogP contribution is -2.57. The zero-order valence-electron chi connectivity index (χ0n) is 22.7. The van der Waals surface area contributed by atoms with E-state index >= 15 is 0 Å². The van der Waals surface area contributed by atoms with E-state index < -0.39 is 46.7 Å². The molecule has 2 N–H and O–H groups in total. The van der Waals surface area contributed by atoms with Crippen LogP contribution in [0.4, 0.5) is 4.79 Å². The van der Waals surface area contributed by atoms with Crippen LogP contribution >= 0.6 is 0 Å². The van der Waals surface area contributed by atoms with Crippen molar-refractivity contribution in [3.8, 4) is 11.1 Å². The Hall–Kier alpha value is -3.39. The van der Waals surface area contributed by atoms with Gasteiger partial charge in [-0.15, -0.1) is 0 Å². The van der Waals surface area contributed by atoms with Crippen molar-refractivity contribution >= 4 is 18.0 Å². The molecule has 0 unspecified atom stereocenters. The van der Waals surface area contributed by atoms with Crippen LogP contribution < -0.4 is 5.32 Å². The molecule has 0 saturated carbocycles. The number of nitrogens with zero attached hydrogens (tertiary/aromatic N) is 1. The molecule has 3 atom stereocenters. The summed E-state index contributed by atoms with van der Waals surface area (Å²) in [5.41, 5.74) is 0.404. The minimum absolute atomic E-state index is 0.0343. The van der Waals surface area contributed by atoms with Gasteiger partial charge in [-0.2, -0.15) is 0 Å². The van der Waals surface area contributed by atoms with Crippen molar-refractivity contribution < 1.29 is 29.0 Å². The number of alkyl carbamates (subject to hydrolysis) is 1. The van der Waals surface area contributed by atoms with E-state index in [1.165, 1.54) is 12.0 Å². The van der Waals surface area contributed by atoms with Crippen molar-refractivity contribution in [3.05, 3.63) is 60.2 Å². The maximum Gasteiger partial charge on any atom is 0.408 e. The summed E-state index contributed by atoms with van der Waals surface area (Å²) in [4.78, 5) is 40.0. The van der Waals surface area contributed by atoms with E-state index in [0.29, 0.717) is 0 Å². The number of likely N-dealkylation sites (tertiary alicyclic amines) is 1. The molecule has 1 aliphatic heterocycles. The lowest BCUT2D eigenvalue weighted by atomic mass is 9.85. The largest absolute Gasteiger partial charge is 0.480 e. The molecular weight excluding hydrogens is 472 g/mol. The standard InChI is InChI=1S/C29H38N2O6/c1-27(2,3)23(30-26(35)37-28(4,5)6)24(32)31-18-29(36-7,17-22(31)25(33)34)21-15-13-20(14-16-21)19-11-9-8-10-12-19/h8-16,22-23H,17-18H2,1-7H3,(H,30,35)(H,33,34)/t22-,23+,29-/m0/s1. The minimum atomic E-state index is -1.13. The highest BCUT2D eigenvalue weighted by molar-refractivity contribution is 5.90. The summed E-state index contributed by atoms with van der Waals surface area (Å²) >= 11 is 0. The van der Waals surface area contributed by atoms with E-state index in [4.69, 9.17) is 9.47 Å². The molecule has 2 aromatic rings. The van der Waals surface area contributed by atoms with Gasteiger partial charge in [-0.1, -0.05) is 75.4 Å². The highest BCUT2D eigenvalue weighted by Gasteiger charge is 2.52. The van der Waals surface area contributed by atoms with E-state index in [0.717, 1.165) is 16.7 Å². The summed E-state index contributed by atoms with van der Waals surface area (Å²) < 4.78 is 11.3. The number of nitrogens with one attached hydrogen (secondary N) is 1. The van der Waals surface area contributed by atoms with Crippen molar-refractivity contribution in [2.45, 2.75) is 71.2 Å². The summed E-state index contributed by atoms with van der Waals surface area (Å²) in [6.07, 6.45) is -0.653. The third kappa shape index (κ3) is 6.49. The summed E-state index contributed by atoms with van der Waals surface area (Å²) in [5, 5.41) is 12.7. The number of carbonyl (C=O) groups is 3. The molecule has 1 saturated heterocycles. The fraction of sp³-hybridized carbons (Fsp3) is 0.483. The number of carbonyl (C=O) groups excluding carboxylic acids is 2. The second-order valence-corrected chi connectivity index (χ2v) is 11.6. The van der Waals surface area contributed by atoms with Crippen LogP contribution in [-0.2, 0) is 24.7 Å². The van der Waals surface area contributed by atoms with Gasteiger partial charge in [0, 0.05) is 13.5 Å². The number of benzene rings is 2. The summed E-state index contributed by atoms with van der Waals surface area (Å²) in [7, 11) is 1.53. The average Bonchev–Trinajstić information content (AvgIpc) is 3.23. The van der Waals surface area contributed by atoms with Gasteiger partial charge in [0.05, 0.1) is 6.54 Å². The van der Waals surface area contributed by atoms with Gasteiger partial charge in [0.1, 0.15) is 23.3 Å². The van der Waals surface area contributed by atoms with Crippen LogP contribution in [0.15, 0.2) is 54.6 Å². The molecule has 0 radical (unpaired) electrons. The van der Waals surface area contributed by atoms with Gasteiger partial charge >= 0.3 is 12.1 Å². The molecule has 1 heterocycles. The van der Waals surface area contributed by atoms with E-state index in [2.05, 4.69) is 5.32 Å². The van der Waals surface area contributed by atoms with E-state index in [1.54, 1.807) is 20.8 Å². The molecule has 3 rings (SSSR count). The Bertz CT molecular complexity index is 1120. The molecule has 0 spiro atoms. The normalized spacial score (nSPS) is 20.8. The highest BCUT2D eigenvalue weighted by atomic mass is 16.6. The van der Waals surface area contributed by atoms with Crippen LogP contribution in [0, 0.1) is 5.41 Å². The van der Waals surface area contributed by atoms with Crippen LogP contribution in [0.25, 0.3) is 11.1 Å².